The highest BCUT2D eigenvalue weighted by atomic mass is 16.5. The summed E-state index contributed by atoms with van der Waals surface area (Å²) in [5, 5.41) is 3.05. The van der Waals surface area contributed by atoms with Crippen LogP contribution in [0.5, 0.6) is 5.75 Å². The Morgan fingerprint density at radius 2 is 1.85 bits per heavy atom. The summed E-state index contributed by atoms with van der Waals surface area (Å²) < 4.78 is 5.64. The maximum atomic E-state index is 12.7. The molecule has 1 aliphatic rings. The number of hydrazine groups is 1. The fourth-order valence-corrected chi connectivity index (χ4v) is 3.11. The Morgan fingerprint density at radius 1 is 1.15 bits per heavy atom. The average Bonchev–Trinajstić information content (AvgIpc) is 3.11. The van der Waals surface area contributed by atoms with Crippen LogP contribution in [0, 0.1) is 12.8 Å². The van der Waals surface area contributed by atoms with Gasteiger partial charge in [0.1, 0.15) is 5.75 Å². The van der Waals surface area contributed by atoms with Gasteiger partial charge in [0.05, 0.1) is 18.1 Å². The molecule has 2 aromatic carbocycles. The zero-order chi connectivity index (χ0) is 18.5. The molecule has 0 bridgehead atoms. The van der Waals surface area contributed by atoms with Crippen molar-refractivity contribution in [3.8, 4) is 5.75 Å². The molecule has 138 valence electrons. The molecule has 0 radical (unpaired) electrons. The normalized spacial score (nSPS) is 19.5. The molecule has 1 aliphatic heterocycles. The number of carbonyl (C=O) groups excluding carboxylic acids is 1. The van der Waals surface area contributed by atoms with Gasteiger partial charge in [0.25, 0.3) is 0 Å². The third-order valence-corrected chi connectivity index (χ3v) is 4.52. The number of hydrogen-bond acceptors (Lipinski definition) is 4. The minimum Gasteiger partial charge on any atom is -0.491 e. The Morgan fingerprint density at radius 3 is 2.50 bits per heavy atom. The van der Waals surface area contributed by atoms with Crippen LogP contribution in [0.25, 0.3) is 0 Å². The van der Waals surface area contributed by atoms with E-state index in [1.54, 1.807) is 0 Å². The molecule has 3 rings (SSSR count). The SMILES string of the molecule is Cc1ccc(C2NNCC2C(=O)NCc2ccc(OC(C)C)cc2)cc1. The number of nitrogens with one attached hydrogen (secondary N) is 3. The van der Waals surface area contributed by atoms with Gasteiger partial charge in [-0.05, 0) is 44.0 Å². The molecule has 0 aromatic heterocycles. The molecule has 1 heterocycles. The van der Waals surface area contributed by atoms with Crippen molar-refractivity contribution >= 4 is 5.91 Å². The first-order valence-corrected chi connectivity index (χ1v) is 9.11. The van der Waals surface area contributed by atoms with Crippen LogP contribution in [-0.4, -0.2) is 18.6 Å². The molecule has 5 heteroatoms. The minimum atomic E-state index is -0.138. The highest BCUT2D eigenvalue weighted by molar-refractivity contribution is 5.80. The predicted octanol–water partition coefficient (Wildman–Crippen LogP) is 2.86. The summed E-state index contributed by atoms with van der Waals surface area (Å²) in [7, 11) is 0. The quantitative estimate of drug-likeness (QED) is 0.747. The van der Waals surface area contributed by atoms with Crippen LogP contribution < -0.4 is 20.9 Å². The van der Waals surface area contributed by atoms with Crippen LogP contribution in [0.1, 0.15) is 36.6 Å². The molecule has 2 atom stereocenters. The Hall–Kier alpha value is -2.37. The first-order valence-electron chi connectivity index (χ1n) is 9.11. The van der Waals surface area contributed by atoms with E-state index in [0.29, 0.717) is 13.1 Å². The van der Waals surface area contributed by atoms with Gasteiger partial charge in [0.15, 0.2) is 0 Å². The van der Waals surface area contributed by atoms with Gasteiger partial charge in [-0.15, -0.1) is 0 Å². The summed E-state index contributed by atoms with van der Waals surface area (Å²) in [4.78, 5) is 12.7. The topological polar surface area (TPSA) is 62.4 Å². The number of amides is 1. The van der Waals surface area contributed by atoms with E-state index < -0.39 is 0 Å². The second-order valence-corrected chi connectivity index (χ2v) is 7.05. The maximum absolute atomic E-state index is 12.7. The third kappa shape index (κ3) is 4.62. The van der Waals surface area contributed by atoms with E-state index in [0.717, 1.165) is 16.9 Å². The Labute approximate surface area is 155 Å². The molecule has 0 spiro atoms. The van der Waals surface area contributed by atoms with Crippen molar-refractivity contribution in [2.45, 2.75) is 39.5 Å². The van der Waals surface area contributed by atoms with Gasteiger partial charge in [0.2, 0.25) is 5.91 Å². The number of benzene rings is 2. The van der Waals surface area contributed by atoms with Crippen molar-refractivity contribution in [3.63, 3.8) is 0 Å². The second kappa shape index (κ2) is 8.34. The fourth-order valence-electron chi connectivity index (χ4n) is 3.11. The van der Waals surface area contributed by atoms with Gasteiger partial charge in [-0.2, -0.15) is 0 Å². The number of carbonyl (C=O) groups is 1. The van der Waals surface area contributed by atoms with Crippen LogP contribution in [0.15, 0.2) is 48.5 Å². The van der Waals surface area contributed by atoms with Crippen LogP contribution >= 0.6 is 0 Å². The molecular weight excluding hydrogens is 326 g/mol. The van der Waals surface area contributed by atoms with E-state index in [4.69, 9.17) is 4.74 Å². The van der Waals surface area contributed by atoms with Gasteiger partial charge in [-0.3, -0.25) is 10.2 Å². The molecule has 3 N–H and O–H groups in total. The standard InChI is InChI=1S/C21H27N3O2/c1-14(2)26-18-10-6-16(7-11-18)12-22-21(25)19-13-23-24-20(19)17-8-4-15(3)5-9-17/h4-11,14,19-20,23-24H,12-13H2,1-3H3,(H,22,25). The lowest BCUT2D eigenvalue weighted by Gasteiger charge is -2.19. The highest BCUT2D eigenvalue weighted by Gasteiger charge is 2.33. The van der Waals surface area contributed by atoms with Gasteiger partial charge >= 0.3 is 0 Å². The third-order valence-electron chi connectivity index (χ3n) is 4.52. The fraction of sp³-hybridized carbons (Fsp3) is 0.381. The van der Waals surface area contributed by atoms with Gasteiger partial charge in [-0.25, -0.2) is 5.43 Å². The van der Waals surface area contributed by atoms with E-state index in [2.05, 4.69) is 47.4 Å². The number of hydrogen-bond donors (Lipinski definition) is 3. The van der Waals surface area contributed by atoms with Crippen LogP contribution in [0.2, 0.25) is 0 Å². The van der Waals surface area contributed by atoms with Crippen molar-refractivity contribution in [3.05, 3.63) is 65.2 Å². The summed E-state index contributed by atoms with van der Waals surface area (Å²) in [6, 6.07) is 16.1. The zero-order valence-electron chi connectivity index (χ0n) is 15.6. The summed E-state index contributed by atoms with van der Waals surface area (Å²) in [5.74, 6) is 0.760. The monoisotopic (exact) mass is 353 g/mol. The van der Waals surface area contributed by atoms with Crippen LogP contribution in [0.3, 0.4) is 0 Å². The Kier molecular flexibility index (Phi) is 5.91. The Bertz CT molecular complexity index is 726. The van der Waals surface area contributed by atoms with Crippen molar-refractivity contribution in [2.75, 3.05) is 6.54 Å². The summed E-state index contributed by atoms with van der Waals surface area (Å²) in [5.41, 5.74) is 9.72. The smallest absolute Gasteiger partial charge is 0.226 e. The predicted molar refractivity (Wildman–Crippen MR) is 103 cm³/mol. The van der Waals surface area contributed by atoms with Crippen LogP contribution in [0.4, 0.5) is 0 Å². The van der Waals surface area contributed by atoms with Gasteiger partial charge in [-0.1, -0.05) is 42.0 Å². The molecule has 5 nitrogen and oxygen atoms in total. The van der Waals surface area contributed by atoms with Crippen molar-refractivity contribution < 1.29 is 9.53 Å². The van der Waals surface area contributed by atoms with E-state index in [1.165, 1.54) is 5.56 Å². The molecule has 26 heavy (non-hydrogen) atoms. The lowest BCUT2D eigenvalue weighted by atomic mass is 9.93. The Balaban J connectivity index is 1.58. The van der Waals surface area contributed by atoms with Gasteiger partial charge in [0, 0.05) is 13.1 Å². The molecule has 2 unspecified atom stereocenters. The molecule has 1 saturated heterocycles. The summed E-state index contributed by atoms with van der Waals surface area (Å²) >= 11 is 0. The average molecular weight is 353 g/mol. The van der Waals surface area contributed by atoms with Crippen LogP contribution in [-0.2, 0) is 11.3 Å². The highest BCUT2D eigenvalue weighted by Crippen LogP contribution is 2.25. The molecular formula is C21H27N3O2. The largest absolute Gasteiger partial charge is 0.491 e. The minimum absolute atomic E-state index is 0.0163. The molecule has 1 amide bonds. The second-order valence-electron chi connectivity index (χ2n) is 7.05. The molecule has 0 saturated carbocycles. The van der Waals surface area contributed by atoms with E-state index in [-0.39, 0.29) is 24.0 Å². The van der Waals surface area contributed by atoms with E-state index in [1.807, 2.05) is 38.1 Å². The zero-order valence-corrected chi connectivity index (χ0v) is 15.6. The summed E-state index contributed by atoms with van der Waals surface area (Å²) in [6.07, 6.45) is 0.154. The molecule has 1 fully saturated rings. The first-order chi connectivity index (χ1) is 12.5. The van der Waals surface area contributed by atoms with Crippen molar-refractivity contribution in [1.82, 2.24) is 16.2 Å². The molecule has 0 aliphatic carbocycles. The number of ether oxygens (including phenoxy) is 1. The first kappa shape index (κ1) is 18.4. The van der Waals surface area contributed by atoms with E-state index >= 15 is 0 Å². The summed E-state index contributed by atoms with van der Waals surface area (Å²) in [6.45, 7) is 7.19. The number of aryl methyl sites for hydroxylation is 1. The molecule has 2 aromatic rings. The lowest BCUT2D eigenvalue weighted by Crippen LogP contribution is -2.34. The van der Waals surface area contributed by atoms with E-state index in [9.17, 15) is 4.79 Å². The van der Waals surface area contributed by atoms with Gasteiger partial charge < -0.3 is 10.1 Å². The lowest BCUT2D eigenvalue weighted by molar-refractivity contribution is -0.125. The van der Waals surface area contributed by atoms with Crippen molar-refractivity contribution in [1.29, 1.82) is 0 Å². The van der Waals surface area contributed by atoms with Crippen molar-refractivity contribution in [2.24, 2.45) is 5.92 Å². The maximum Gasteiger partial charge on any atom is 0.226 e. The number of rotatable bonds is 6.